The Balaban J connectivity index is 1.64. The monoisotopic (exact) mass is 498 g/mol. The fraction of sp³-hybridized carbons (Fsp3) is 0.174. The number of carbonyl (C=O) groups is 3. The van der Waals surface area contributed by atoms with Crippen LogP contribution in [-0.2, 0) is 27.8 Å². The number of nitrogens with zero attached hydrogens (tertiary/aromatic N) is 1. The first kappa shape index (κ1) is 23.5. The highest BCUT2D eigenvalue weighted by Gasteiger charge is 2.29. The number of anilines is 2. The molecule has 3 amide bonds. The molecule has 9 nitrogen and oxygen atoms in total. The first-order chi connectivity index (χ1) is 16.2. The largest absolute Gasteiger partial charge is 0.365 e. The zero-order chi connectivity index (χ0) is 24.5. The molecule has 1 aliphatic heterocycles. The van der Waals surface area contributed by atoms with Gasteiger partial charge in [0.05, 0.1) is 28.3 Å². The highest BCUT2D eigenvalue weighted by Crippen LogP contribution is 2.37. The lowest BCUT2D eigenvalue weighted by Crippen LogP contribution is -2.34. The minimum absolute atomic E-state index is 0.0576. The van der Waals surface area contributed by atoms with E-state index in [1.165, 1.54) is 42.5 Å². The lowest BCUT2D eigenvalue weighted by Gasteiger charge is -2.25. The molecule has 34 heavy (non-hydrogen) atoms. The summed E-state index contributed by atoms with van der Waals surface area (Å²) in [6, 6.07) is 14.0. The van der Waals surface area contributed by atoms with Gasteiger partial charge in [-0.25, -0.2) is 8.42 Å². The molecule has 1 aliphatic rings. The van der Waals surface area contributed by atoms with Crippen LogP contribution in [0.25, 0.3) is 0 Å². The molecule has 2 aromatic carbocycles. The molecule has 0 fully saturated rings. The molecule has 11 heteroatoms. The standard InChI is InChI=1S/C23H22N4O5S2/c1-14(28)27-12-11-17-19(13-27)33-23(20(17)21(24)29)25-22(30)16-9-5-6-10-18(16)26-34(31,32)15-7-3-2-4-8-15/h2-10,26H,11-13H2,1H3,(H2,24,29)(H,25,30). The van der Waals surface area contributed by atoms with Crippen LogP contribution in [0.15, 0.2) is 59.5 Å². The molecule has 0 spiro atoms. The van der Waals surface area contributed by atoms with Crippen LogP contribution in [0.3, 0.4) is 0 Å². The summed E-state index contributed by atoms with van der Waals surface area (Å²) in [5, 5.41) is 2.99. The Hall–Kier alpha value is -3.70. The number of nitrogens with one attached hydrogen (secondary N) is 2. The SMILES string of the molecule is CC(=O)N1CCc2c(sc(NC(=O)c3ccccc3NS(=O)(=O)c3ccccc3)c2C(N)=O)C1. The topological polar surface area (TPSA) is 139 Å². The van der Waals surface area contributed by atoms with E-state index in [0.717, 1.165) is 10.4 Å². The number of benzene rings is 2. The van der Waals surface area contributed by atoms with Crippen LogP contribution in [0.1, 0.15) is 38.1 Å². The van der Waals surface area contributed by atoms with Crippen molar-refractivity contribution in [1.82, 2.24) is 4.90 Å². The van der Waals surface area contributed by atoms with E-state index in [2.05, 4.69) is 10.0 Å². The van der Waals surface area contributed by atoms with Gasteiger partial charge in [-0.1, -0.05) is 30.3 Å². The van der Waals surface area contributed by atoms with Gasteiger partial charge < -0.3 is 16.0 Å². The van der Waals surface area contributed by atoms with Gasteiger partial charge in [0.1, 0.15) is 5.00 Å². The Kier molecular flexibility index (Phi) is 6.40. The minimum Gasteiger partial charge on any atom is -0.365 e. The van der Waals surface area contributed by atoms with Crippen molar-refractivity contribution in [3.05, 3.63) is 76.2 Å². The van der Waals surface area contributed by atoms with E-state index in [-0.39, 0.29) is 32.6 Å². The Morgan fingerprint density at radius 2 is 1.71 bits per heavy atom. The number of fused-ring (bicyclic) bond motifs is 1. The molecule has 4 rings (SSSR count). The van der Waals surface area contributed by atoms with Crippen LogP contribution in [0.2, 0.25) is 0 Å². The molecule has 0 unspecified atom stereocenters. The summed E-state index contributed by atoms with van der Waals surface area (Å²) in [5.74, 6) is -1.36. The zero-order valence-corrected chi connectivity index (χ0v) is 19.8. The molecular weight excluding hydrogens is 476 g/mol. The van der Waals surface area contributed by atoms with Crippen LogP contribution in [0.4, 0.5) is 10.7 Å². The Morgan fingerprint density at radius 3 is 2.38 bits per heavy atom. The van der Waals surface area contributed by atoms with E-state index in [9.17, 15) is 22.8 Å². The number of nitrogens with two attached hydrogens (primary N) is 1. The van der Waals surface area contributed by atoms with E-state index in [4.69, 9.17) is 5.73 Å². The van der Waals surface area contributed by atoms with Crippen molar-refractivity contribution >= 4 is 49.8 Å². The molecule has 0 saturated carbocycles. The first-order valence-corrected chi connectivity index (χ1v) is 12.7. The molecule has 0 saturated heterocycles. The third kappa shape index (κ3) is 4.66. The summed E-state index contributed by atoms with van der Waals surface area (Å²) < 4.78 is 28.0. The minimum atomic E-state index is -3.92. The molecule has 0 atom stereocenters. The molecule has 0 bridgehead atoms. The highest BCUT2D eigenvalue weighted by atomic mass is 32.2. The molecule has 176 valence electrons. The Morgan fingerprint density at radius 1 is 1.03 bits per heavy atom. The maximum absolute atomic E-state index is 13.2. The predicted octanol–water partition coefficient (Wildman–Crippen LogP) is 2.80. The molecular formula is C23H22N4O5S2. The smallest absolute Gasteiger partial charge is 0.261 e. The van der Waals surface area contributed by atoms with Crippen molar-refractivity contribution in [3.8, 4) is 0 Å². The van der Waals surface area contributed by atoms with E-state index >= 15 is 0 Å². The fourth-order valence-electron chi connectivity index (χ4n) is 3.76. The summed E-state index contributed by atoms with van der Waals surface area (Å²) in [5.41, 5.74) is 6.73. The molecule has 1 aromatic heterocycles. The van der Waals surface area contributed by atoms with Gasteiger partial charge in [-0.05, 0) is 36.2 Å². The normalized spacial score (nSPS) is 13.1. The molecule has 0 aliphatic carbocycles. The van der Waals surface area contributed by atoms with E-state index < -0.39 is 21.8 Å². The summed E-state index contributed by atoms with van der Waals surface area (Å²) in [6.07, 6.45) is 0.451. The van der Waals surface area contributed by atoms with Gasteiger partial charge in [-0.3, -0.25) is 19.1 Å². The van der Waals surface area contributed by atoms with Gasteiger partial charge in [0.15, 0.2) is 0 Å². The lowest BCUT2D eigenvalue weighted by molar-refractivity contribution is -0.129. The number of sulfonamides is 1. The number of hydrogen-bond donors (Lipinski definition) is 3. The fourth-order valence-corrected chi connectivity index (χ4v) is 6.13. The highest BCUT2D eigenvalue weighted by molar-refractivity contribution is 7.92. The van der Waals surface area contributed by atoms with Crippen molar-refractivity contribution in [1.29, 1.82) is 0 Å². The van der Waals surface area contributed by atoms with E-state index in [1.54, 1.807) is 35.2 Å². The number of rotatable bonds is 6. The molecule has 0 radical (unpaired) electrons. The summed E-state index contributed by atoms with van der Waals surface area (Å²) >= 11 is 1.18. The lowest BCUT2D eigenvalue weighted by atomic mass is 10.0. The van der Waals surface area contributed by atoms with Crippen molar-refractivity contribution in [2.45, 2.75) is 24.8 Å². The third-order valence-electron chi connectivity index (χ3n) is 5.45. The summed E-state index contributed by atoms with van der Waals surface area (Å²) in [6.45, 7) is 2.26. The summed E-state index contributed by atoms with van der Waals surface area (Å²) in [7, 11) is -3.92. The first-order valence-electron chi connectivity index (χ1n) is 10.4. The van der Waals surface area contributed by atoms with Crippen molar-refractivity contribution < 1.29 is 22.8 Å². The zero-order valence-electron chi connectivity index (χ0n) is 18.2. The van der Waals surface area contributed by atoms with Gasteiger partial charge in [-0.15, -0.1) is 11.3 Å². The van der Waals surface area contributed by atoms with Gasteiger partial charge in [0.2, 0.25) is 5.91 Å². The Bertz CT molecular complexity index is 1380. The van der Waals surface area contributed by atoms with Crippen LogP contribution in [0.5, 0.6) is 0 Å². The average molecular weight is 499 g/mol. The number of para-hydroxylation sites is 1. The van der Waals surface area contributed by atoms with E-state index in [1.807, 2.05) is 0 Å². The van der Waals surface area contributed by atoms with Crippen molar-refractivity contribution in [3.63, 3.8) is 0 Å². The molecule has 2 heterocycles. The molecule has 4 N–H and O–H groups in total. The van der Waals surface area contributed by atoms with Crippen molar-refractivity contribution in [2.75, 3.05) is 16.6 Å². The Labute approximate surface area is 200 Å². The predicted molar refractivity (Wildman–Crippen MR) is 129 cm³/mol. The number of primary amides is 1. The third-order valence-corrected chi connectivity index (χ3v) is 7.96. The van der Waals surface area contributed by atoms with Gasteiger partial charge >= 0.3 is 0 Å². The second-order valence-corrected chi connectivity index (χ2v) is 10.5. The van der Waals surface area contributed by atoms with Crippen LogP contribution >= 0.6 is 11.3 Å². The molecule has 3 aromatic rings. The summed E-state index contributed by atoms with van der Waals surface area (Å²) in [4.78, 5) is 39.6. The van der Waals surface area contributed by atoms with Crippen LogP contribution in [0, 0.1) is 0 Å². The number of hydrogen-bond acceptors (Lipinski definition) is 6. The quantitative estimate of drug-likeness (QED) is 0.480. The van der Waals surface area contributed by atoms with E-state index in [0.29, 0.717) is 19.5 Å². The van der Waals surface area contributed by atoms with Crippen LogP contribution < -0.4 is 15.8 Å². The van der Waals surface area contributed by atoms with Gasteiger partial charge in [-0.2, -0.15) is 0 Å². The van der Waals surface area contributed by atoms with Gasteiger partial charge in [0, 0.05) is 18.3 Å². The average Bonchev–Trinajstić information content (AvgIpc) is 3.16. The van der Waals surface area contributed by atoms with Gasteiger partial charge in [0.25, 0.3) is 21.8 Å². The number of thiophene rings is 1. The van der Waals surface area contributed by atoms with Crippen LogP contribution in [-0.4, -0.2) is 37.6 Å². The van der Waals surface area contributed by atoms with Crippen molar-refractivity contribution in [2.24, 2.45) is 5.73 Å². The number of amides is 3. The number of carbonyl (C=O) groups excluding carboxylic acids is 3. The maximum Gasteiger partial charge on any atom is 0.261 e. The second kappa shape index (κ2) is 9.27. The second-order valence-electron chi connectivity index (χ2n) is 7.68. The maximum atomic E-state index is 13.2.